The van der Waals surface area contributed by atoms with Gasteiger partial charge in [0.05, 0.1) is 0 Å². The van der Waals surface area contributed by atoms with Gasteiger partial charge in [0.15, 0.2) is 0 Å². The van der Waals surface area contributed by atoms with E-state index in [4.69, 9.17) is 10.5 Å². The number of halogens is 1. The molecule has 2 rings (SSSR count). The van der Waals surface area contributed by atoms with Gasteiger partial charge in [0.1, 0.15) is 5.82 Å². The zero-order valence-corrected chi connectivity index (χ0v) is 11.7. The summed E-state index contributed by atoms with van der Waals surface area (Å²) in [6.45, 7) is 4.53. The quantitative estimate of drug-likeness (QED) is 0.910. The lowest BCUT2D eigenvalue weighted by atomic mass is 9.96. The van der Waals surface area contributed by atoms with E-state index in [0.717, 1.165) is 38.2 Å². The van der Waals surface area contributed by atoms with E-state index in [1.165, 1.54) is 6.07 Å². The molecule has 1 aromatic rings. The zero-order valence-electron chi connectivity index (χ0n) is 11.7. The van der Waals surface area contributed by atoms with E-state index in [1.54, 1.807) is 13.2 Å². The monoisotopic (exact) mass is 266 g/mol. The molecule has 0 amide bonds. The van der Waals surface area contributed by atoms with E-state index in [1.807, 2.05) is 13.0 Å². The molecule has 0 saturated carbocycles. The lowest BCUT2D eigenvalue weighted by molar-refractivity contribution is 0.139. The molecule has 19 heavy (non-hydrogen) atoms. The first-order chi connectivity index (χ1) is 9.13. The first kappa shape index (κ1) is 14.3. The molecule has 0 spiro atoms. The summed E-state index contributed by atoms with van der Waals surface area (Å²) in [5.41, 5.74) is 7.49. The topological polar surface area (TPSA) is 38.5 Å². The molecule has 0 unspecified atom stereocenters. The number of anilines is 1. The fourth-order valence-electron chi connectivity index (χ4n) is 2.83. The van der Waals surface area contributed by atoms with Crippen LogP contribution in [0.4, 0.5) is 10.1 Å². The van der Waals surface area contributed by atoms with Crippen molar-refractivity contribution >= 4 is 5.69 Å². The van der Waals surface area contributed by atoms with Gasteiger partial charge in [-0.15, -0.1) is 0 Å². The second-order valence-corrected chi connectivity index (χ2v) is 5.35. The Morgan fingerprint density at radius 1 is 1.42 bits per heavy atom. The van der Waals surface area contributed by atoms with Crippen molar-refractivity contribution < 1.29 is 9.13 Å². The van der Waals surface area contributed by atoms with Gasteiger partial charge in [-0.25, -0.2) is 4.39 Å². The Kier molecular flexibility index (Phi) is 4.77. The summed E-state index contributed by atoms with van der Waals surface area (Å²) in [5, 5.41) is 0. The van der Waals surface area contributed by atoms with Crippen LogP contribution in [0.15, 0.2) is 18.2 Å². The molecule has 0 aliphatic carbocycles. The summed E-state index contributed by atoms with van der Waals surface area (Å²) >= 11 is 0. The highest BCUT2D eigenvalue weighted by atomic mass is 19.1. The summed E-state index contributed by atoms with van der Waals surface area (Å²) in [5.74, 6) is 0.417. The molecule has 0 aromatic heterocycles. The fraction of sp³-hybridized carbons (Fsp3) is 0.600. The molecule has 106 valence electrons. The van der Waals surface area contributed by atoms with Gasteiger partial charge >= 0.3 is 0 Å². The minimum absolute atomic E-state index is 0.202. The van der Waals surface area contributed by atoms with Gasteiger partial charge in [-0.1, -0.05) is 6.07 Å². The van der Waals surface area contributed by atoms with Crippen LogP contribution >= 0.6 is 0 Å². The molecule has 0 radical (unpaired) electrons. The third-order valence-electron chi connectivity index (χ3n) is 3.84. The molecule has 1 aliphatic rings. The highest BCUT2D eigenvalue weighted by Gasteiger charge is 2.23. The van der Waals surface area contributed by atoms with E-state index in [0.29, 0.717) is 11.5 Å². The Balaban J connectivity index is 2.13. The number of piperidine rings is 1. The van der Waals surface area contributed by atoms with Crippen molar-refractivity contribution in [2.75, 3.05) is 31.7 Å². The van der Waals surface area contributed by atoms with E-state index in [2.05, 4.69) is 4.90 Å². The average molecular weight is 266 g/mol. The molecular weight excluding hydrogens is 243 g/mol. The molecule has 3 nitrogen and oxygen atoms in total. The number of methoxy groups -OCH3 is 1. The Labute approximate surface area is 114 Å². The van der Waals surface area contributed by atoms with Crippen molar-refractivity contribution in [3.8, 4) is 0 Å². The van der Waals surface area contributed by atoms with Gasteiger partial charge in [0.25, 0.3) is 0 Å². The third kappa shape index (κ3) is 3.25. The van der Waals surface area contributed by atoms with Crippen molar-refractivity contribution in [2.45, 2.75) is 25.8 Å². The van der Waals surface area contributed by atoms with Crippen LogP contribution in [0.25, 0.3) is 0 Å². The summed E-state index contributed by atoms with van der Waals surface area (Å²) in [6, 6.07) is 4.93. The van der Waals surface area contributed by atoms with Crippen LogP contribution in [-0.2, 0) is 4.74 Å². The van der Waals surface area contributed by atoms with E-state index >= 15 is 0 Å². The predicted octanol–water partition coefficient (Wildman–Crippen LogP) is 2.71. The van der Waals surface area contributed by atoms with Gasteiger partial charge in [-0.05, 0) is 37.8 Å². The number of hydrogen-bond donors (Lipinski definition) is 1. The number of ether oxygens (including phenoxy) is 1. The maximum absolute atomic E-state index is 13.9. The van der Waals surface area contributed by atoms with Crippen molar-refractivity contribution in [3.63, 3.8) is 0 Å². The maximum Gasteiger partial charge on any atom is 0.130 e. The lowest BCUT2D eigenvalue weighted by Gasteiger charge is -2.35. The molecule has 1 aliphatic heterocycles. The number of nitrogens with two attached hydrogens (primary N) is 1. The molecule has 1 fully saturated rings. The van der Waals surface area contributed by atoms with Gasteiger partial charge < -0.3 is 15.4 Å². The molecule has 1 heterocycles. The Bertz CT molecular complexity index is 415. The smallest absolute Gasteiger partial charge is 0.130 e. The van der Waals surface area contributed by atoms with Crippen molar-refractivity contribution in [1.29, 1.82) is 0 Å². The molecular formula is C15H23FN2O. The Morgan fingerprint density at radius 2 is 2.11 bits per heavy atom. The first-order valence-corrected chi connectivity index (χ1v) is 6.91. The van der Waals surface area contributed by atoms with Gasteiger partial charge in [-0.2, -0.15) is 0 Å². The molecule has 4 heteroatoms. The lowest BCUT2D eigenvalue weighted by Crippen LogP contribution is -2.36. The molecule has 1 aromatic carbocycles. The number of rotatable bonds is 4. The number of nitrogens with zero attached hydrogens (tertiary/aromatic N) is 1. The van der Waals surface area contributed by atoms with Crippen LogP contribution in [0, 0.1) is 11.7 Å². The zero-order chi connectivity index (χ0) is 13.8. The van der Waals surface area contributed by atoms with Crippen LogP contribution in [0.1, 0.15) is 31.4 Å². The van der Waals surface area contributed by atoms with E-state index in [-0.39, 0.29) is 11.9 Å². The SMILES string of the molecule is COCC1CCN(c2cccc(F)c2[C@H](C)N)CC1. The fourth-order valence-corrected chi connectivity index (χ4v) is 2.83. The molecule has 2 N–H and O–H groups in total. The van der Waals surface area contributed by atoms with Crippen LogP contribution in [-0.4, -0.2) is 26.8 Å². The van der Waals surface area contributed by atoms with Crippen molar-refractivity contribution in [2.24, 2.45) is 11.7 Å². The Hall–Kier alpha value is -1.13. The highest BCUT2D eigenvalue weighted by Crippen LogP contribution is 2.31. The van der Waals surface area contributed by atoms with Gasteiger partial charge in [0.2, 0.25) is 0 Å². The molecule has 1 atom stereocenters. The van der Waals surface area contributed by atoms with Gasteiger partial charge in [-0.3, -0.25) is 0 Å². The summed E-state index contributed by atoms with van der Waals surface area (Å²) < 4.78 is 19.1. The van der Waals surface area contributed by atoms with Crippen LogP contribution in [0.5, 0.6) is 0 Å². The largest absolute Gasteiger partial charge is 0.384 e. The maximum atomic E-state index is 13.9. The van der Waals surface area contributed by atoms with Crippen molar-refractivity contribution in [1.82, 2.24) is 0 Å². The standard InChI is InChI=1S/C15H23FN2O/c1-11(17)15-13(16)4-3-5-14(15)18-8-6-12(7-9-18)10-19-2/h3-5,11-12H,6-10,17H2,1-2H3/t11-/m0/s1. The van der Waals surface area contributed by atoms with Crippen LogP contribution in [0.3, 0.4) is 0 Å². The Morgan fingerprint density at radius 3 is 2.68 bits per heavy atom. The minimum atomic E-state index is -0.284. The summed E-state index contributed by atoms with van der Waals surface area (Å²) in [6.07, 6.45) is 2.17. The first-order valence-electron chi connectivity index (χ1n) is 6.91. The van der Waals surface area contributed by atoms with Crippen molar-refractivity contribution in [3.05, 3.63) is 29.6 Å². The highest BCUT2D eigenvalue weighted by molar-refractivity contribution is 5.55. The molecule has 0 bridgehead atoms. The summed E-state index contributed by atoms with van der Waals surface area (Å²) in [7, 11) is 1.74. The minimum Gasteiger partial charge on any atom is -0.384 e. The van der Waals surface area contributed by atoms with E-state index in [9.17, 15) is 4.39 Å². The summed E-state index contributed by atoms with van der Waals surface area (Å²) in [4.78, 5) is 2.24. The third-order valence-corrected chi connectivity index (χ3v) is 3.84. The second-order valence-electron chi connectivity index (χ2n) is 5.35. The van der Waals surface area contributed by atoms with Gasteiger partial charge in [0, 0.05) is 44.1 Å². The second kappa shape index (κ2) is 6.35. The number of benzene rings is 1. The predicted molar refractivity (Wildman–Crippen MR) is 75.8 cm³/mol. The number of hydrogen-bond acceptors (Lipinski definition) is 3. The van der Waals surface area contributed by atoms with E-state index < -0.39 is 0 Å². The average Bonchev–Trinajstić information content (AvgIpc) is 2.39. The molecule has 1 saturated heterocycles. The van der Waals surface area contributed by atoms with Crippen LogP contribution < -0.4 is 10.6 Å². The normalized spacial score (nSPS) is 18.6. The van der Waals surface area contributed by atoms with Crippen LogP contribution in [0.2, 0.25) is 0 Å².